The van der Waals surface area contributed by atoms with Crippen molar-refractivity contribution in [2.45, 2.75) is 12.3 Å². The van der Waals surface area contributed by atoms with Crippen molar-refractivity contribution >= 4 is 11.7 Å². The van der Waals surface area contributed by atoms with Crippen LogP contribution in [0.2, 0.25) is 0 Å². The van der Waals surface area contributed by atoms with Crippen LogP contribution in [0.1, 0.15) is 17.4 Å². The molecule has 0 radical (unpaired) electrons. The molecule has 0 bridgehead atoms. The Morgan fingerprint density at radius 2 is 2.07 bits per heavy atom. The predicted molar refractivity (Wildman–Crippen MR) is 91.5 cm³/mol. The second-order valence-electron chi connectivity index (χ2n) is 5.91. The van der Waals surface area contributed by atoms with Crippen LogP contribution in [0.5, 0.6) is 5.75 Å². The summed E-state index contributed by atoms with van der Waals surface area (Å²) in [6.45, 7) is 0.993. The van der Waals surface area contributed by atoms with Crippen molar-refractivity contribution in [3.8, 4) is 5.75 Å². The number of para-hydroxylation sites is 1. The molecule has 0 saturated carbocycles. The fourth-order valence-corrected chi connectivity index (χ4v) is 2.79. The van der Waals surface area contributed by atoms with Crippen molar-refractivity contribution in [1.82, 2.24) is 9.88 Å². The molecule has 9 heteroatoms. The van der Waals surface area contributed by atoms with E-state index in [9.17, 15) is 18.0 Å². The summed E-state index contributed by atoms with van der Waals surface area (Å²) in [5.41, 5.74) is 0.00476. The average Bonchev–Trinajstić information content (AvgIpc) is 2.67. The number of benzene rings is 1. The van der Waals surface area contributed by atoms with E-state index >= 15 is 0 Å². The van der Waals surface area contributed by atoms with E-state index in [1.807, 2.05) is 24.3 Å². The number of urea groups is 1. The highest BCUT2D eigenvalue weighted by Gasteiger charge is 2.32. The fourth-order valence-electron chi connectivity index (χ4n) is 2.79. The highest BCUT2D eigenvalue weighted by Crippen LogP contribution is 2.30. The number of ether oxygens (including phenoxy) is 2. The van der Waals surface area contributed by atoms with Gasteiger partial charge in [-0.05, 0) is 18.2 Å². The molecule has 27 heavy (non-hydrogen) atoms. The standard InChI is InChI=1S/C18H18F3N3O3/c1-26-14-5-3-2-4-13(14)15-11-24(8-9-27-15)17(25)23-12-6-7-16(22-10-12)18(19,20)21/h2-7,10,15H,8-9,11H2,1H3,(H,23,25). The monoisotopic (exact) mass is 381 g/mol. The SMILES string of the molecule is COc1ccccc1C1CN(C(=O)Nc2ccc(C(F)(F)F)nc2)CCO1. The molecule has 1 aromatic heterocycles. The van der Waals surface area contributed by atoms with Crippen LogP contribution in [0.4, 0.5) is 23.7 Å². The number of amides is 2. The summed E-state index contributed by atoms with van der Waals surface area (Å²) in [4.78, 5) is 17.3. The van der Waals surface area contributed by atoms with Crippen LogP contribution in [-0.2, 0) is 10.9 Å². The number of pyridine rings is 1. The summed E-state index contributed by atoms with van der Waals surface area (Å²) >= 11 is 0. The molecule has 144 valence electrons. The van der Waals surface area contributed by atoms with Gasteiger partial charge in [-0.25, -0.2) is 9.78 Å². The first-order valence-electron chi connectivity index (χ1n) is 8.22. The smallest absolute Gasteiger partial charge is 0.433 e. The van der Waals surface area contributed by atoms with E-state index in [2.05, 4.69) is 10.3 Å². The van der Waals surface area contributed by atoms with Gasteiger partial charge in [-0.15, -0.1) is 0 Å². The third-order valence-corrected chi connectivity index (χ3v) is 4.14. The largest absolute Gasteiger partial charge is 0.496 e. The van der Waals surface area contributed by atoms with Gasteiger partial charge >= 0.3 is 12.2 Å². The van der Waals surface area contributed by atoms with Gasteiger partial charge in [0.05, 0.1) is 32.1 Å². The lowest BCUT2D eigenvalue weighted by molar-refractivity contribution is -0.141. The first-order chi connectivity index (χ1) is 12.9. The number of halogens is 3. The van der Waals surface area contributed by atoms with Crippen molar-refractivity contribution in [1.29, 1.82) is 0 Å². The summed E-state index contributed by atoms with van der Waals surface area (Å²) in [6, 6.07) is 8.94. The van der Waals surface area contributed by atoms with E-state index < -0.39 is 17.9 Å². The summed E-state index contributed by atoms with van der Waals surface area (Å²) in [5.74, 6) is 0.664. The zero-order chi connectivity index (χ0) is 19.4. The molecule has 1 N–H and O–H groups in total. The topological polar surface area (TPSA) is 63.7 Å². The molecule has 1 aliphatic rings. The first-order valence-corrected chi connectivity index (χ1v) is 8.22. The average molecular weight is 381 g/mol. The Bertz CT molecular complexity index is 796. The Morgan fingerprint density at radius 3 is 2.74 bits per heavy atom. The summed E-state index contributed by atoms with van der Waals surface area (Å²) in [7, 11) is 1.56. The van der Waals surface area contributed by atoms with E-state index in [0.717, 1.165) is 17.8 Å². The van der Waals surface area contributed by atoms with Crippen molar-refractivity contribution in [3.05, 3.63) is 53.9 Å². The lowest BCUT2D eigenvalue weighted by Gasteiger charge is -2.33. The molecule has 2 aromatic rings. The van der Waals surface area contributed by atoms with Gasteiger partial charge in [0.1, 0.15) is 17.5 Å². The number of morpholine rings is 1. The quantitative estimate of drug-likeness (QED) is 0.880. The Balaban J connectivity index is 1.66. The van der Waals surface area contributed by atoms with Crippen LogP contribution in [0.15, 0.2) is 42.6 Å². The number of nitrogens with zero attached hydrogens (tertiary/aromatic N) is 2. The number of hydrogen-bond donors (Lipinski definition) is 1. The van der Waals surface area contributed by atoms with Gasteiger partial charge in [0.25, 0.3) is 0 Å². The summed E-state index contributed by atoms with van der Waals surface area (Å²) in [6.07, 6.45) is -3.89. The molecule has 1 saturated heterocycles. The number of nitrogens with one attached hydrogen (secondary N) is 1. The normalized spacial score (nSPS) is 17.5. The van der Waals surface area contributed by atoms with Crippen molar-refractivity contribution in [2.75, 3.05) is 32.1 Å². The molecule has 1 fully saturated rings. The Labute approximate surface area is 153 Å². The van der Waals surface area contributed by atoms with Crippen LogP contribution >= 0.6 is 0 Å². The van der Waals surface area contributed by atoms with Gasteiger partial charge in [0, 0.05) is 12.1 Å². The number of methoxy groups -OCH3 is 1. The van der Waals surface area contributed by atoms with Crippen LogP contribution in [0.3, 0.4) is 0 Å². The molecule has 0 aliphatic carbocycles. The zero-order valence-corrected chi connectivity index (χ0v) is 14.5. The van der Waals surface area contributed by atoms with E-state index in [0.29, 0.717) is 25.4 Å². The van der Waals surface area contributed by atoms with Crippen LogP contribution in [-0.4, -0.2) is 42.7 Å². The molecular formula is C18H18F3N3O3. The Kier molecular flexibility index (Phi) is 5.50. The summed E-state index contributed by atoms with van der Waals surface area (Å²) < 4.78 is 48.8. The highest BCUT2D eigenvalue weighted by molar-refractivity contribution is 5.89. The van der Waals surface area contributed by atoms with Crippen molar-refractivity contribution < 1.29 is 27.4 Å². The molecule has 1 aromatic carbocycles. The van der Waals surface area contributed by atoms with Crippen LogP contribution < -0.4 is 10.1 Å². The molecular weight excluding hydrogens is 363 g/mol. The molecule has 2 amide bonds. The third-order valence-electron chi connectivity index (χ3n) is 4.14. The minimum absolute atomic E-state index is 0.188. The Morgan fingerprint density at radius 1 is 1.30 bits per heavy atom. The molecule has 0 spiro atoms. The second kappa shape index (κ2) is 7.83. The maximum atomic E-state index is 12.6. The van der Waals surface area contributed by atoms with Gasteiger partial charge in [-0.2, -0.15) is 13.2 Å². The number of carbonyl (C=O) groups excluding carboxylic acids is 1. The number of anilines is 1. The molecule has 2 heterocycles. The molecule has 1 atom stereocenters. The number of carbonyl (C=O) groups is 1. The van der Waals surface area contributed by atoms with Crippen molar-refractivity contribution in [3.63, 3.8) is 0 Å². The number of hydrogen-bond acceptors (Lipinski definition) is 4. The lowest BCUT2D eigenvalue weighted by atomic mass is 10.1. The summed E-state index contributed by atoms with van der Waals surface area (Å²) in [5, 5.41) is 2.56. The minimum Gasteiger partial charge on any atom is -0.496 e. The predicted octanol–water partition coefficient (Wildman–Crippen LogP) is 3.71. The Hall–Kier alpha value is -2.81. The third kappa shape index (κ3) is 4.48. The van der Waals surface area contributed by atoms with E-state index in [1.54, 1.807) is 7.11 Å². The second-order valence-corrected chi connectivity index (χ2v) is 5.91. The van der Waals surface area contributed by atoms with Crippen molar-refractivity contribution in [2.24, 2.45) is 0 Å². The molecule has 1 aliphatic heterocycles. The van der Waals surface area contributed by atoms with E-state index in [1.165, 1.54) is 11.0 Å². The van der Waals surface area contributed by atoms with Crippen LogP contribution in [0.25, 0.3) is 0 Å². The minimum atomic E-state index is -4.52. The maximum Gasteiger partial charge on any atom is 0.433 e. The highest BCUT2D eigenvalue weighted by atomic mass is 19.4. The molecule has 3 rings (SSSR count). The zero-order valence-electron chi connectivity index (χ0n) is 14.5. The van der Waals surface area contributed by atoms with E-state index in [4.69, 9.17) is 9.47 Å². The van der Waals surface area contributed by atoms with Gasteiger partial charge in [0.15, 0.2) is 0 Å². The van der Waals surface area contributed by atoms with Gasteiger partial charge in [0.2, 0.25) is 0 Å². The first kappa shape index (κ1) is 19.0. The van der Waals surface area contributed by atoms with E-state index in [-0.39, 0.29) is 11.8 Å². The van der Waals surface area contributed by atoms with Gasteiger partial charge in [-0.3, -0.25) is 0 Å². The van der Waals surface area contributed by atoms with Gasteiger partial charge < -0.3 is 19.7 Å². The number of aromatic nitrogens is 1. The fraction of sp³-hybridized carbons (Fsp3) is 0.333. The van der Waals surface area contributed by atoms with Gasteiger partial charge in [-0.1, -0.05) is 18.2 Å². The number of rotatable bonds is 3. The van der Waals surface area contributed by atoms with Crippen LogP contribution in [0, 0.1) is 0 Å². The maximum absolute atomic E-state index is 12.6. The number of alkyl halides is 3. The molecule has 6 nitrogen and oxygen atoms in total. The lowest BCUT2D eigenvalue weighted by Crippen LogP contribution is -2.44. The molecule has 1 unspecified atom stereocenters.